The van der Waals surface area contributed by atoms with Gasteiger partial charge in [0.1, 0.15) is 18.1 Å². The van der Waals surface area contributed by atoms with E-state index in [0.29, 0.717) is 5.75 Å². The lowest BCUT2D eigenvalue weighted by atomic mass is 10.2. The Morgan fingerprint density at radius 3 is 2.77 bits per heavy atom. The van der Waals surface area contributed by atoms with Gasteiger partial charge in [-0.1, -0.05) is 0 Å². The van der Waals surface area contributed by atoms with Crippen LogP contribution in [0.2, 0.25) is 0 Å². The maximum Gasteiger partial charge on any atom is 0.237 e. The summed E-state index contributed by atoms with van der Waals surface area (Å²) in [6.07, 6.45) is 1.57. The molecule has 0 unspecified atom stereocenters. The van der Waals surface area contributed by atoms with Crippen molar-refractivity contribution >= 4 is 6.29 Å². The van der Waals surface area contributed by atoms with E-state index < -0.39 is 0 Å². The van der Waals surface area contributed by atoms with Crippen LogP contribution in [-0.4, -0.2) is 29.7 Å². The van der Waals surface area contributed by atoms with Crippen LogP contribution in [0.4, 0.5) is 0 Å². The van der Waals surface area contributed by atoms with Gasteiger partial charge in [-0.05, 0) is 12.1 Å². The van der Waals surface area contributed by atoms with Crippen molar-refractivity contribution in [1.82, 2.24) is 0 Å². The van der Waals surface area contributed by atoms with Crippen LogP contribution >= 0.6 is 0 Å². The van der Waals surface area contributed by atoms with Crippen molar-refractivity contribution in [1.29, 1.82) is 0 Å². The fraction of sp³-hybridized carbons (Fsp3) is 0.222. The minimum Gasteiger partial charge on any atom is -0.507 e. The van der Waals surface area contributed by atoms with Crippen LogP contribution in [0.5, 0.6) is 11.5 Å². The lowest BCUT2D eigenvalue weighted by Crippen LogP contribution is -2.01. The van der Waals surface area contributed by atoms with Crippen molar-refractivity contribution in [3.8, 4) is 11.5 Å². The first-order valence-electron chi connectivity index (χ1n) is 3.72. The van der Waals surface area contributed by atoms with Crippen molar-refractivity contribution in [2.75, 3.05) is 13.2 Å². The van der Waals surface area contributed by atoms with E-state index in [9.17, 15) is 9.90 Å². The summed E-state index contributed by atoms with van der Waals surface area (Å²) in [5, 5.41) is 17.6. The summed E-state index contributed by atoms with van der Waals surface area (Å²) in [4.78, 5) is 10.2. The standard InChI is InChI=1S/C9H9O4/c10-3-4-13-8-2-1-7(6-11)9(12)5-8/h1-2,5,10,12H,3-4H2. The van der Waals surface area contributed by atoms with Gasteiger partial charge in [0.05, 0.1) is 12.2 Å². The third-order valence-corrected chi connectivity index (χ3v) is 1.44. The average molecular weight is 181 g/mol. The highest BCUT2D eigenvalue weighted by molar-refractivity contribution is 5.79. The second-order valence-corrected chi connectivity index (χ2v) is 2.35. The second-order valence-electron chi connectivity index (χ2n) is 2.35. The third-order valence-electron chi connectivity index (χ3n) is 1.44. The molecular weight excluding hydrogens is 172 g/mol. The largest absolute Gasteiger partial charge is 0.507 e. The first-order valence-corrected chi connectivity index (χ1v) is 3.72. The van der Waals surface area contributed by atoms with Gasteiger partial charge in [0.15, 0.2) is 0 Å². The molecule has 0 saturated heterocycles. The molecule has 0 fully saturated rings. The van der Waals surface area contributed by atoms with E-state index in [1.165, 1.54) is 18.2 Å². The van der Waals surface area contributed by atoms with Gasteiger partial charge in [0.2, 0.25) is 6.29 Å². The Balaban J connectivity index is 2.77. The Morgan fingerprint density at radius 2 is 2.23 bits per heavy atom. The number of ether oxygens (including phenoxy) is 1. The summed E-state index contributed by atoms with van der Waals surface area (Å²) in [6.45, 7) is 0.0614. The number of hydrogen-bond donors (Lipinski definition) is 2. The second kappa shape index (κ2) is 4.47. The van der Waals surface area contributed by atoms with Gasteiger partial charge in [0.25, 0.3) is 0 Å². The zero-order chi connectivity index (χ0) is 9.68. The Kier molecular flexibility index (Phi) is 3.28. The van der Waals surface area contributed by atoms with Gasteiger partial charge >= 0.3 is 0 Å². The van der Waals surface area contributed by atoms with E-state index in [4.69, 9.17) is 9.84 Å². The molecule has 1 aromatic rings. The maximum absolute atomic E-state index is 10.2. The molecule has 4 heteroatoms. The van der Waals surface area contributed by atoms with Crippen LogP contribution in [0.25, 0.3) is 0 Å². The molecule has 1 rings (SSSR count). The van der Waals surface area contributed by atoms with Crippen LogP contribution < -0.4 is 4.74 Å². The average Bonchev–Trinajstić information content (AvgIpc) is 2.15. The highest BCUT2D eigenvalue weighted by Gasteiger charge is 2.02. The van der Waals surface area contributed by atoms with Gasteiger partial charge in [-0.15, -0.1) is 0 Å². The number of rotatable bonds is 4. The predicted octanol–water partition coefficient (Wildman–Crippen LogP) is 0.221. The van der Waals surface area contributed by atoms with Crippen LogP contribution in [0.3, 0.4) is 0 Å². The fourth-order valence-corrected chi connectivity index (χ4v) is 0.851. The smallest absolute Gasteiger partial charge is 0.237 e. The topological polar surface area (TPSA) is 66.8 Å². The van der Waals surface area contributed by atoms with Crippen LogP contribution in [-0.2, 0) is 4.79 Å². The zero-order valence-corrected chi connectivity index (χ0v) is 6.86. The van der Waals surface area contributed by atoms with E-state index in [-0.39, 0.29) is 24.5 Å². The normalized spacial score (nSPS) is 9.62. The Bertz CT molecular complexity index is 296. The van der Waals surface area contributed by atoms with Gasteiger partial charge in [-0.3, -0.25) is 4.79 Å². The van der Waals surface area contributed by atoms with E-state index in [0.717, 1.165) is 0 Å². The Hall–Kier alpha value is -1.55. The summed E-state index contributed by atoms with van der Waals surface area (Å²) in [5.74, 6) is 0.232. The van der Waals surface area contributed by atoms with E-state index in [1.807, 2.05) is 0 Å². The van der Waals surface area contributed by atoms with Crippen molar-refractivity contribution in [3.05, 3.63) is 23.8 Å². The van der Waals surface area contributed by atoms with Crippen LogP contribution in [0.1, 0.15) is 5.56 Å². The molecule has 1 radical (unpaired) electrons. The van der Waals surface area contributed by atoms with Gasteiger partial charge in [-0.25, -0.2) is 0 Å². The molecule has 1 aromatic carbocycles. The molecule has 0 spiro atoms. The molecular formula is C9H9O4. The van der Waals surface area contributed by atoms with Crippen molar-refractivity contribution in [3.63, 3.8) is 0 Å². The lowest BCUT2D eigenvalue weighted by Gasteiger charge is -2.04. The molecule has 0 heterocycles. The fourth-order valence-electron chi connectivity index (χ4n) is 0.851. The molecule has 0 aliphatic rings. The van der Waals surface area contributed by atoms with Crippen LogP contribution in [0, 0.1) is 0 Å². The van der Waals surface area contributed by atoms with Gasteiger partial charge in [0, 0.05) is 6.07 Å². The zero-order valence-electron chi connectivity index (χ0n) is 6.86. The molecule has 13 heavy (non-hydrogen) atoms. The number of carbonyl (C=O) groups excluding carboxylic acids is 1. The number of aliphatic hydroxyl groups excluding tert-OH is 1. The van der Waals surface area contributed by atoms with Crippen LogP contribution in [0.15, 0.2) is 18.2 Å². The number of aromatic hydroxyl groups is 1. The number of benzene rings is 1. The quantitative estimate of drug-likeness (QED) is 0.697. The van der Waals surface area contributed by atoms with Gasteiger partial charge < -0.3 is 14.9 Å². The minimum atomic E-state index is -0.176. The van der Waals surface area contributed by atoms with E-state index in [1.54, 1.807) is 6.29 Å². The molecule has 0 saturated carbocycles. The first-order chi connectivity index (χ1) is 6.27. The SMILES string of the molecule is O=[C]c1ccc(OCCO)cc1O. The van der Waals surface area contributed by atoms with Crippen molar-refractivity contribution in [2.24, 2.45) is 0 Å². The first kappa shape index (κ1) is 9.54. The number of phenols is 1. The summed E-state index contributed by atoms with van der Waals surface area (Å²) >= 11 is 0. The molecule has 4 nitrogen and oxygen atoms in total. The highest BCUT2D eigenvalue weighted by Crippen LogP contribution is 2.21. The molecule has 0 aliphatic carbocycles. The molecule has 0 aliphatic heterocycles. The Labute approximate surface area is 75.4 Å². The number of phenolic OH excluding ortho intramolecular Hbond substituents is 1. The summed E-state index contributed by atoms with van der Waals surface area (Å²) in [7, 11) is 0. The minimum absolute atomic E-state index is 0.0938. The monoisotopic (exact) mass is 181 g/mol. The molecule has 69 valence electrons. The number of hydrogen-bond acceptors (Lipinski definition) is 4. The molecule has 0 aromatic heterocycles. The molecule has 0 amide bonds. The molecule has 0 atom stereocenters. The molecule has 2 N–H and O–H groups in total. The van der Waals surface area contributed by atoms with Crippen molar-refractivity contribution < 1.29 is 19.7 Å². The van der Waals surface area contributed by atoms with Gasteiger partial charge in [-0.2, -0.15) is 0 Å². The summed E-state index contributed by atoms with van der Waals surface area (Å²) in [6, 6.07) is 4.22. The lowest BCUT2D eigenvalue weighted by molar-refractivity contribution is 0.201. The number of aliphatic hydroxyl groups is 1. The summed E-state index contributed by atoms with van der Waals surface area (Å²) < 4.78 is 5.00. The van der Waals surface area contributed by atoms with E-state index in [2.05, 4.69) is 0 Å². The molecule has 0 bridgehead atoms. The third kappa shape index (κ3) is 2.45. The predicted molar refractivity (Wildman–Crippen MR) is 45.5 cm³/mol. The van der Waals surface area contributed by atoms with E-state index >= 15 is 0 Å². The maximum atomic E-state index is 10.2. The summed E-state index contributed by atoms with van der Waals surface area (Å²) in [5.41, 5.74) is 0.0938. The van der Waals surface area contributed by atoms with Crippen molar-refractivity contribution in [2.45, 2.75) is 0 Å². The highest BCUT2D eigenvalue weighted by atomic mass is 16.5. The Morgan fingerprint density at radius 1 is 1.46 bits per heavy atom.